The maximum atomic E-state index is 11.8. The Balaban J connectivity index is 2.14. The second kappa shape index (κ2) is 5.21. The second-order valence-corrected chi connectivity index (χ2v) is 3.86. The lowest BCUT2D eigenvalue weighted by Crippen LogP contribution is -2.13. The van der Waals surface area contributed by atoms with Gasteiger partial charge in [0.05, 0.1) is 16.8 Å². The number of hydrogen-bond acceptors (Lipinski definition) is 5. The van der Waals surface area contributed by atoms with Crippen molar-refractivity contribution in [3.8, 4) is 0 Å². The zero-order chi connectivity index (χ0) is 13.8. The van der Waals surface area contributed by atoms with Crippen LogP contribution in [0.2, 0.25) is 0 Å². The first-order chi connectivity index (χ1) is 9.06. The summed E-state index contributed by atoms with van der Waals surface area (Å²) in [5.41, 5.74) is 1.40. The van der Waals surface area contributed by atoms with E-state index in [1.54, 1.807) is 12.3 Å². The number of anilines is 1. The van der Waals surface area contributed by atoms with E-state index in [0.717, 1.165) is 11.8 Å². The predicted octanol–water partition coefficient (Wildman–Crippen LogP) is 1.95. The lowest BCUT2D eigenvalue weighted by Gasteiger charge is -2.04. The van der Waals surface area contributed by atoms with Crippen molar-refractivity contribution in [3.63, 3.8) is 0 Å². The number of carbonyl (C=O) groups excluding carboxylic acids is 1. The Labute approximate surface area is 108 Å². The number of rotatable bonds is 3. The number of amides is 1. The third-order valence-corrected chi connectivity index (χ3v) is 2.32. The van der Waals surface area contributed by atoms with Crippen molar-refractivity contribution in [1.29, 1.82) is 0 Å². The van der Waals surface area contributed by atoms with E-state index in [1.165, 1.54) is 18.3 Å². The molecule has 96 valence electrons. The van der Waals surface area contributed by atoms with Crippen LogP contribution in [-0.4, -0.2) is 20.8 Å². The Kier molecular flexibility index (Phi) is 3.46. The summed E-state index contributed by atoms with van der Waals surface area (Å²) in [7, 11) is 0. The van der Waals surface area contributed by atoms with Crippen LogP contribution < -0.4 is 5.32 Å². The minimum atomic E-state index is -0.570. The number of nitro groups is 1. The standard InChI is InChI=1S/C12H10N4O3/c1-8-4-9(6-13-5-8)15-12(17)11-3-2-10(7-14-11)16(18)19/h2-7H,1H3,(H,15,17). The molecular weight excluding hydrogens is 248 g/mol. The van der Waals surface area contributed by atoms with E-state index >= 15 is 0 Å². The van der Waals surface area contributed by atoms with Gasteiger partial charge in [0.1, 0.15) is 11.9 Å². The minimum absolute atomic E-state index is 0.104. The Morgan fingerprint density at radius 2 is 2.11 bits per heavy atom. The molecule has 1 amide bonds. The van der Waals surface area contributed by atoms with Crippen molar-refractivity contribution in [3.05, 3.63) is 58.2 Å². The number of aromatic nitrogens is 2. The molecule has 2 aromatic heterocycles. The Bertz CT molecular complexity index is 625. The van der Waals surface area contributed by atoms with Crippen LogP contribution in [-0.2, 0) is 0 Å². The van der Waals surface area contributed by atoms with Crippen molar-refractivity contribution >= 4 is 17.3 Å². The molecule has 0 aliphatic rings. The lowest BCUT2D eigenvalue weighted by molar-refractivity contribution is -0.385. The highest BCUT2D eigenvalue weighted by atomic mass is 16.6. The first kappa shape index (κ1) is 12.6. The van der Waals surface area contributed by atoms with Gasteiger partial charge in [0.2, 0.25) is 0 Å². The van der Waals surface area contributed by atoms with Crippen molar-refractivity contribution in [2.75, 3.05) is 5.32 Å². The average molecular weight is 258 g/mol. The van der Waals surface area contributed by atoms with Crippen LogP contribution in [0.25, 0.3) is 0 Å². The van der Waals surface area contributed by atoms with Crippen molar-refractivity contribution in [2.45, 2.75) is 6.92 Å². The molecule has 7 nitrogen and oxygen atoms in total. The molecule has 0 aliphatic heterocycles. The number of nitrogens with one attached hydrogen (secondary N) is 1. The molecule has 19 heavy (non-hydrogen) atoms. The molecule has 0 unspecified atom stereocenters. The van der Waals surface area contributed by atoms with Crippen LogP contribution in [0.1, 0.15) is 16.1 Å². The number of nitrogens with zero attached hydrogens (tertiary/aromatic N) is 3. The zero-order valence-corrected chi connectivity index (χ0v) is 10.0. The normalized spacial score (nSPS) is 9.95. The molecule has 0 radical (unpaired) electrons. The van der Waals surface area contributed by atoms with Crippen molar-refractivity contribution < 1.29 is 9.72 Å². The highest BCUT2D eigenvalue weighted by molar-refractivity contribution is 6.02. The summed E-state index contributed by atoms with van der Waals surface area (Å²) < 4.78 is 0. The Morgan fingerprint density at radius 3 is 2.68 bits per heavy atom. The van der Waals surface area contributed by atoms with Gasteiger partial charge >= 0.3 is 0 Å². The highest BCUT2D eigenvalue weighted by Crippen LogP contribution is 2.11. The Morgan fingerprint density at radius 1 is 1.32 bits per heavy atom. The highest BCUT2D eigenvalue weighted by Gasteiger charge is 2.11. The van der Waals surface area contributed by atoms with Crippen LogP contribution in [0, 0.1) is 17.0 Å². The fourth-order valence-corrected chi connectivity index (χ4v) is 1.45. The number of hydrogen-bond donors (Lipinski definition) is 1. The number of pyridine rings is 2. The smallest absolute Gasteiger partial charge is 0.287 e. The van der Waals surface area contributed by atoms with Gasteiger partial charge in [0.25, 0.3) is 11.6 Å². The van der Waals surface area contributed by atoms with Gasteiger partial charge in [-0.15, -0.1) is 0 Å². The summed E-state index contributed by atoms with van der Waals surface area (Å²) in [6.45, 7) is 1.85. The third-order valence-electron chi connectivity index (χ3n) is 2.32. The molecule has 0 spiro atoms. The van der Waals surface area contributed by atoms with Crippen LogP contribution in [0.15, 0.2) is 36.8 Å². The van der Waals surface area contributed by atoms with Crippen molar-refractivity contribution in [1.82, 2.24) is 9.97 Å². The molecule has 0 aliphatic carbocycles. The van der Waals surface area contributed by atoms with E-state index in [1.807, 2.05) is 6.92 Å². The summed E-state index contributed by atoms with van der Waals surface area (Å²) in [5, 5.41) is 13.1. The first-order valence-corrected chi connectivity index (χ1v) is 5.40. The second-order valence-electron chi connectivity index (χ2n) is 3.86. The molecule has 0 aromatic carbocycles. The minimum Gasteiger partial charge on any atom is -0.319 e. The number of carbonyl (C=O) groups is 1. The van der Waals surface area contributed by atoms with E-state index in [2.05, 4.69) is 15.3 Å². The molecular formula is C12H10N4O3. The molecule has 0 atom stereocenters. The predicted molar refractivity (Wildman–Crippen MR) is 67.8 cm³/mol. The van der Waals surface area contributed by atoms with E-state index in [9.17, 15) is 14.9 Å². The van der Waals surface area contributed by atoms with E-state index in [-0.39, 0.29) is 11.4 Å². The number of aryl methyl sites for hydroxylation is 1. The molecule has 2 aromatic rings. The van der Waals surface area contributed by atoms with E-state index in [4.69, 9.17) is 0 Å². The molecule has 2 heterocycles. The monoisotopic (exact) mass is 258 g/mol. The summed E-state index contributed by atoms with van der Waals surface area (Å²) in [4.78, 5) is 29.4. The lowest BCUT2D eigenvalue weighted by atomic mass is 10.2. The van der Waals surface area contributed by atoms with Crippen LogP contribution in [0.3, 0.4) is 0 Å². The fraction of sp³-hybridized carbons (Fsp3) is 0.0833. The Hall–Kier alpha value is -2.83. The third kappa shape index (κ3) is 3.09. The van der Waals surface area contributed by atoms with Gasteiger partial charge in [0, 0.05) is 12.3 Å². The molecule has 2 rings (SSSR count). The van der Waals surface area contributed by atoms with Gasteiger partial charge in [0.15, 0.2) is 0 Å². The maximum absolute atomic E-state index is 11.8. The van der Waals surface area contributed by atoms with Gasteiger partial charge in [-0.25, -0.2) is 4.98 Å². The SMILES string of the molecule is Cc1cncc(NC(=O)c2ccc([N+](=O)[O-])cn2)c1. The van der Waals surface area contributed by atoms with Crippen LogP contribution in [0.5, 0.6) is 0 Å². The topological polar surface area (TPSA) is 98.0 Å². The molecule has 0 fully saturated rings. The molecule has 0 bridgehead atoms. The van der Waals surface area contributed by atoms with E-state index < -0.39 is 10.8 Å². The fourth-order valence-electron chi connectivity index (χ4n) is 1.45. The molecule has 0 saturated heterocycles. The first-order valence-electron chi connectivity index (χ1n) is 5.40. The average Bonchev–Trinajstić information content (AvgIpc) is 2.39. The van der Waals surface area contributed by atoms with Gasteiger partial charge < -0.3 is 5.32 Å². The molecule has 1 N–H and O–H groups in total. The molecule has 7 heteroatoms. The summed E-state index contributed by atoms with van der Waals surface area (Å²) in [6, 6.07) is 4.30. The van der Waals surface area contributed by atoms with Gasteiger partial charge in [-0.1, -0.05) is 0 Å². The van der Waals surface area contributed by atoms with Gasteiger partial charge in [-0.05, 0) is 24.6 Å². The summed E-state index contributed by atoms with van der Waals surface area (Å²) in [5.74, 6) is -0.442. The van der Waals surface area contributed by atoms with Crippen molar-refractivity contribution in [2.24, 2.45) is 0 Å². The largest absolute Gasteiger partial charge is 0.319 e. The molecule has 0 saturated carbocycles. The van der Waals surface area contributed by atoms with Crippen LogP contribution in [0.4, 0.5) is 11.4 Å². The summed E-state index contributed by atoms with van der Waals surface area (Å²) >= 11 is 0. The summed E-state index contributed by atoms with van der Waals surface area (Å²) in [6.07, 6.45) is 4.22. The van der Waals surface area contributed by atoms with Crippen LogP contribution >= 0.6 is 0 Å². The van der Waals surface area contributed by atoms with Gasteiger partial charge in [-0.2, -0.15) is 0 Å². The zero-order valence-electron chi connectivity index (χ0n) is 10.0. The maximum Gasteiger partial charge on any atom is 0.287 e. The quantitative estimate of drug-likeness (QED) is 0.670. The van der Waals surface area contributed by atoms with Gasteiger partial charge in [-0.3, -0.25) is 19.9 Å². The van der Waals surface area contributed by atoms with E-state index in [0.29, 0.717) is 5.69 Å².